The van der Waals surface area contributed by atoms with Crippen LogP contribution < -0.4 is 0 Å². The molecule has 1 aliphatic rings. The fourth-order valence-electron chi connectivity index (χ4n) is 2.81. The zero-order chi connectivity index (χ0) is 16.4. The summed E-state index contributed by atoms with van der Waals surface area (Å²) in [5, 5.41) is 4.45. The predicted octanol–water partition coefficient (Wildman–Crippen LogP) is 2.25. The van der Waals surface area contributed by atoms with Crippen LogP contribution >= 0.6 is 11.8 Å². The lowest BCUT2D eigenvalue weighted by Crippen LogP contribution is -2.42. The van der Waals surface area contributed by atoms with Crippen molar-refractivity contribution in [1.29, 1.82) is 0 Å². The maximum absolute atomic E-state index is 12.7. The Balaban J connectivity index is 1.92. The molecule has 1 saturated heterocycles. The third-order valence-electron chi connectivity index (χ3n) is 4.01. The minimum atomic E-state index is -0.450. The van der Waals surface area contributed by atoms with Crippen LogP contribution in [0.1, 0.15) is 21.7 Å². The number of carbonyl (C=O) groups excluding carboxylic acids is 2. The summed E-state index contributed by atoms with van der Waals surface area (Å²) in [6.07, 6.45) is 0. The van der Waals surface area contributed by atoms with E-state index in [1.54, 1.807) is 16.5 Å². The van der Waals surface area contributed by atoms with Crippen LogP contribution in [0.5, 0.6) is 0 Å². The second-order valence-corrected chi connectivity index (χ2v) is 6.75. The quantitative estimate of drug-likeness (QED) is 0.640. The molecule has 1 aromatic carbocycles. The number of hydrogen-bond acceptors (Lipinski definition) is 4. The summed E-state index contributed by atoms with van der Waals surface area (Å²) in [5.41, 5.74) is 2.61. The Hall–Kier alpha value is -2.08. The average Bonchev–Trinajstić information content (AvgIpc) is 2.89. The number of amides is 1. The highest BCUT2D eigenvalue weighted by molar-refractivity contribution is 7.99. The Morgan fingerprint density at radius 1 is 1.09 bits per heavy atom. The molecule has 6 heteroatoms. The van der Waals surface area contributed by atoms with Crippen molar-refractivity contribution in [2.45, 2.75) is 13.8 Å². The van der Waals surface area contributed by atoms with Gasteiger partial charge in [-0.2, -0.15) is 16.9 Å². The number of Topliss-reactive ketones (excluding diaryl/α,β-unsaturated/α-hetero) is 1. The van der Waals surface area contributed by atoms with E-state index < -0.39 is 11.7 Å². The fraction of sp³-hybridized carbons (Fsp3) is 0.353. The summed E-state index contributed by atoms with van der Waals surface area (Å²) in [5.74, 6) is 0.916. The van der Waals surface area contributed by atoms with Crippen molar-refractivity contribution >= 4 is 23.5 Å². The number of benzene rings is 1. The van der Waals surface area contributed by atoms with Gasteiger partial charge in [0.05, 0.1) is 22.6 Å². The largest absolute Gasteiger partial charge is 0.334 e. The molecule has 1 aromatic heterocycles. The molecule has 0 aliphatic carbocycles. The molecule has 3 rings (SSSR count). The molecule has 0 atom stereocenters. The Labute approximate surface area is 139 Å². The van der Waals surface area contributed by atoms with Crippen LogP contribution in [0, 0.1) is 13.8 Å². The molecule has 0 N–H and O–H groups in total. The minimum absolute atomic E-state index is 0.413. The highest BCUT2D eigenvalue weighted by Crippen LogP contribution is 2.20. The number of ketones is 1. The molecule has 1 fully saturated rings. The first-order valence-corrected chi connectivity index (χ1v) is 8.78. The van der Waals surface area contributed by atoms with Crippen LogP contribution in [0.25, 0.3) is 5.69 Å². The van der Waals surface area contributed by atoms with Crippen LogP contribution in [-0.4, -0.2) is 51.0 Å². The number of thioether (sulfide) groups is 1. The van der Waals surface area contributed by atoms with E-state index in [9.17, 15) is 9.59 Å². The fourth-order valence-corrected chi connectivity index (χ4v) is 3.71. The lowest BCUT2D eigenvalue weighted by atomic mass is 10.1. The van der Waals surface area contributed by atoms with Crippen molar-refractivity contribution < 1.29 is 9.59 Å². The van der Waals surface area contributed by atoms with Crippen molar-refractivity contribution in [2.75, 3.05) is 24.6 Å². The van der Waals surface area contributed by atoms with Crippen molar-refractivity contribution in [3.05, 3.63) is 47.3 Å². The smallest absolute Gasteiger partial charge is 0.295 e. The summed E-state index contributed by atoms with van der Waals surface area (Å²) in [6, 6.07) is 9.63. The number of aryl methyl sites for hydroxylation is 1. The Bertz CT molecular complexity index is 734. The summed E-state index contributed by atoms with van der Waals surface area (Å²) in [6.45, 7) is 4.89. The Morgan fingerprint density at radius 2 is 1.74 bits per heavy atom. The molecular weight excluding hydrogens is 310 g/mol. The van der Waals surface area contributed by atoms with Crippen molar-refractivity contribution in [3.8, 4) is 5.69 Å². The maximum Gasteiger partial charge on any atom is 0.295 e. The van der Waals surface area contributed by atoms with Gasteiger partial charge in [-0.15, -0.1) is 0 Å². The number of rotatable bonds is 3. The molecule has 23 heavy (non-hydrogen) atoms. The monoisotopic (exact) mass is 329 g/mol. The molecule has 5 nitrogen and oxygen atoms in total. The van der Waals surface area contributed by atoms with Crippen LogP contribution in [0.3, 0.4) is 0 Å². The Morgan fingerprint density at radius 3 is 2.39 bits per heavy atom. The van der Waals surface area contributed by atoms with Crippen molar-refractivity contribution in [2.24, 2.45) is 0 Å². The van der Waals surface area contributed by atoms with E-state index in [2.05, 4.69) is 5.10 Å². The number of carbonyl (C=O) groups is 2. The summed E-state index contributed by atoms with van der Waals surface area (Å²) in [7, 11) is 0. The molecule has 0 radical (unpaired) electrons. The summed E-state index contributed by atoms with van der Waals surface area (Å²) >= 11 is 1.81. The van der Waals surface area contributed by atoms with E-state index in [0.717, 1.165) is 17.2 Å². The summed E-state index contributed by atoms with van der Waals surface area (Å²) in [4.78, 5) is 26.8. The highest BCUT2D eigenvalue weighted by atomic mass is 32.2. The molecule has 2 aromatic rings. The van der Waals surface area contributed by atoms with Crippen LogP contribution in [0.4, 0.5) is 0 Å². The van der Waals surface area contributed by atoms with E-state index in [1.807, 2.05) is 49.0 Å². The minimum Gasteiger partial charge on any atom is -0.334 e. The van der Waals surface area contributed by atoms with Gasteiger partial charge in [0.15, 0.2) is 0 Å². The normalized spacial score (nSPS) is 14.8. The molecule has 0 unspecified atom stereocenters. The SMILES string of the molecule is Cc1nn(-c2ccccc2)c(C)c1C(=O)C(=O)N1CCSCC1. The molecule has 0 bridgehead atoms. The first kappa shape index (κ1) is 15.8. The second-order valence-electron chi connectivity index (χ2n) is 5.53. The number of para-hydroxylation sites is 1. The molecule has 1 aliphatic heterocycles. The zero-order valence-electron chi connectivity index (χ0n) is 13.3. The third kappa shape index (κ3) is 3.03. The van der Waals surface area contributed by atoms with Gasteiger partial charge in [-0.05, 0) is 26.0 Å². The van der Waals surface area contributed by atoms with Gasteiger partial charge < -0.3 is 4.90 Å². The van der Waals surface area contributed by atoms with E-state index in [1.165, 1.54) is 0 Å². The van der Waals surface area contributed by atoms with Gasteiger partial charge in [-0.3, -0.25) is 9.59 Å². The van der Waals surface area contributed by atoms with Crippen LogP contribution in [0.2, 0.25) is 0 Å². The number of nitrogens with zero attached hydrogens (tertiary/aromatic N) is 3. The van der Waals surface area contributed by atoms with Gasteiger partial charge >= 0.3 is 0 Å². The number of aromatic nitrogens is 2. The zero-order valence-corrected chi connectivity index (χ0v) is 14.1. The van der Waals surface area contributed by atoms with Gasteiger partial charge in [-0.1, -0.05) is 18.2 Å². The molecule has 1 amide bonds. The van der Waals surface area contributed by atoms with Gasteiger partial charge in [0.1, 0.15) is 0 Å². The topological polar surface area (TPSA) is 55.2 Å². The van der Waals surface area contributed by atoms with Crippen molar-refractivity contribution in [3.63, 3.8) is 0 Å². The van der Waals surface area contributed by atoms with Gasteiger partial charge in [0.2, 0.25) is 0 Å². The third-order valence-corrected chi connectivity index (χ3v) is 4.95. The van der Waals surface area contributed by atoms with E-state index in [4.69, 9.17) is 0 Å². The van der Waals surface area contributed by atoms with Crippen molar-refractivity contribution in [1.82, 2.24) is 14.7 Å². The first-order valence-electron chi connectivity index (χ1n) is 7.62. The second kappa shape index (κ2) is 6.58. The molecule has 0 saturated carbocycles. The summed E-state index contributed by atoms with van der Waals surface area (Å²) < 4.78 is 1.72. The van der Waals surface area contributed by atoms with E-state index in [-0.39, 0.29) is 0 Å². The first-order chi connectivity index (χ1) is 11.1. The molecular formula is C17H19N3O2S. The van der Waals surface area contributed by atoms with Gasteiger partial charge in [0, 0.05) is 24.6 Å². The van der Waals surface area contributed by atoms with E-state index in [0.29, 0.717) is 30.0 Å². The highest BCUT2D eigenvalue weighted by Gasteiger charge is 2.29. The lowest BCUT2D eigenvalue weighted by molar-refractivity contribution is -0.126. The lowest BCUT2D eigenvalue weighted by Gasteiger charge is -2.25. The standard InChI is InChI=1S/C17H19N3O2S/c1-12-15(16(21)17(22)19-8-10-23-11-9-19)13(2)20(18-12)14-6-4-3-5-7-14/h3-7H,8-11H2,1-2H3. The van der Waals surface area contributed by atoms with E-state index >= 15 is 0 Å². The van der Waals surface area contributed by atoms with Gasteiger partial charge in [-0.25, -0.2) is 4.68 Å². The maximum atomic E-state index is 12.7. The van der Waals surface area contributed by atoms with Crippen LogP contribution in [-0.2, 0) is 4.79 Å². The number of hydrogen-bond donors (Lipinski definition) is 0. The van der Waals surface area contributed by atoms with Gasteiger partial charge in [0.25, 0.3) is 11.7 Å². The predicted molar refractivity (Wildman–Crippen MR) is 91.3 cm³/mol. The Kier molecular flexibility index (Phi) is 4.52. The molecule has 2 heterocycles. The molecule has 0 spiro atoms. The average molecular weight is 329 g/mol. The van der Waals surface area contributed by atoms with Crippen LogP contribution in [0.15, 0.2) is 30.3 Å². The molecule has 120 valence electrons.